The van der Waals surface area contributed by atoms with Gasteiger partial charge in [0.2, 0.25) is 5.89 Å². The molecule has 0 bridgehead atoms. The Morgan fingerprint density at radius 1 is 0.900 bits per heavy atom. The number of aromatic nitrogens is 3. The van der Waals surface area contributed by atoms with Crippen LogP contribution in [0.4, 0.5) is 5.69 Å². The molecule has 1 N–H and O–H groups in total. The van der Waals surface area contributed by atoms with Crippen molar-refractivity contribution < 1.29 is 9.21 Å². The normalized spacial score (nSPS) is 10.9. The number of para-hydroxylation sites is 2. The Bertz CT molecular complexity index is 1480. The summed E-state index contributed by atoms with van der Waals surface area (Å²) in [5.74, 6) is -0.183. The van der Waals surface area contributed by atoms with Crippen molar-refractivity contribution in [2.75, 3.05) is 5.32 Å². The maximum Gasteiger partial charge on any atom is 0.347 e. The molecule has 30 heavy (non-hydrogen) atoms. The summed E-state index contributed by atoms with van der Waals surface area (Å²) >= 11 is 0. The third-order valence-electron chi connectivity index (χ3n) is 4.72. The van der Waals surface area contributed by atoms with Gasteiger partial charge in [0.25, 0.3) is 5.91 Å². The molecule has 3 aromatic carbocycles. The lowest BCUT2D eigenvalue weighted by molar-refractivity contribution is 0.102. The first kappa shape index (κ1) is 17.7. The van der Waals surface area contributed by atoms with E-state index < -0.39 is 5.63 Å². The Balaban J connectivity index is 1.53. The molecule has 0 aliphatic rings. The fraction of sp³-hybridized carbons (Fsp3) is 0. The number of hydrogen-bond acceptors (Lipinski definition) is 6. The molecular weight excluding hydrogens is 380 g/mol. The second kappa shape index (κ2) is 7.21. The molecule has 0 unspecified atom stereocenters. The van der Waals surface area contributed by atoms with Crippen LogP contribution < -0.4 is 10.9 Å². The van der Waals surface area contributed by atoms with E-state index in [1.165, 1.54) is 0 Å². The first-order chi connectivity index (χ1) is 14.7. The van der Waals surface area contributed by atoms with Crippen LogP contribution in [0.3, 0.4) is 0 Å². The molecule has 0 spiro atoms. The van der Waals surface area contributed by atoms with Crippen molar-refractivity contribution in [1.82, 2.24) is 15.2 Å². The summed E-state index contributed by atoms with van der Waals surface area (Å²) in [7, 11) is 0. The predicted molar refractivity (Wildman–Crippen MR) is 113 cm³/mol. The lowest BCUT2D eigenvalue weighted by Crippen LogP contribution is -2.13. The number of amides is 1. The Morgan fingerprint density at radius 3 is 2.67 bits per heavy atom. The topological polar surface area (TPSA) is 98.0 Å². The molecule has 1 amide bonds. The molecule has 0 saturated heterocycles. The van der Waals surface area contributed by atoms with Crippen molar-refractivity contribution in [3.63, 3.8) is 0 Å². The highest BCUT2D eigenvalue weighted by Crippen LogP contribution is 2.27. The molecule has 2 aromatic heterocycles. The number of carbonyl (C=O) groups excluding carboxylic acids is 1. The molecule has 7 heteroatoms. The SMILES string of the molecule is O=C(Nc1ccccc1-c1nc2ccccc2c(=O)o1)c1ccc2ccnnc2c1. The highest BCUT2D eigenvalue weighted by Gasteiger charge is 2.15. The lowest BCUT2D eigenvalue weighted by Gasteiger charge is -2.10. The number of nitrogens with zero attached hydrogens (tertiary/aromatic N) is 3. The molecule has 5 aromatic rings. The Morgan fingerprint density at radius 2 is 1.73 bits per heavy atom. The average Bonchev–Trinajstić information content (AvgIpc) is 2.79. The van der Waals surface area contributed by atoms with E-state index in [0.29, 0.717) is 33.2 Å². The van der Waals surface area contributed by atoms with Crippen LogP contribution in [-0.4, -0.2) is 21.1 Å². The number of anilines is 1. The summed E-state index contributed by atoms with van der Waals surface area (Å²) in [6.07, 6.45) is 1.60. The van der Waals surface area contributed by atoms with Gasteiger partial charge in [0.05, 0.1) is 33.9 Å². The van der Waals surface area contributed by atoms with Gasteiger partial charge in [-0.05, 0) is 42.5 Å². The summed E-state index contributed by atoms with van der Waals surface area (Å²) in [5.41, 5.74) is 2.09. The van der Waals surface area contributed by atoms with E-state index >= 15 is 0 Å². The summed E-state index contributed by atoms with van der Waals surface area (Å²) in [4.78, 5) is 29.6. The molecular formula is C23H14N4O3. The van der Waals surface area contributed by atoms with E-state index in [4.69, 9.17) is 4.42 Å². The van der Waals surface area contributed by atoms with Crippen LogP contribution in [0.5, 0.6) is 0 Å². The molecule has 7 nitrogen and oxygen atoms in total. The van der Waals surface area contributed by atoms with E-state index in [9.17, 15) is 9.59 Å². The monoisotopic (exact) mass is 394 g/mol. The fourth-order valence-corrected chi connectivity index (χ4v) is 3.23. The van der Waals surface area contributed by atoms with Gasteiger partial charge in [-0.25, -0.2) is 9.78 Å². The van der Waals surface area contributed by atoms with Gasteiger partial charge in [-0.1, -0.05) is 30.3 Å². The zero-order valence-electron chi connectivity index (χ0n) is 15.6. The molecule has 5 rings (SSSR count). The minimum atomic E-state index is -0.482. The minimum absolute atomic E-state index is 0.138. The van der Waals surface area contributed by atoms with Gasteiger partial charge in [0.1, 0.15) is 0 Å². The maximum absolute atomic E-state index is 12.8. The second-order valence-corrected chi connectivity index (χ2v) is 6.63. The van der Waals surface area contributed by atoms with Gasteiger partial charge in [-0.3, -0.25) is 4.79 Å². The van der Waals surface area contributed by atoms with E-state index in [1.54, 1.807) is 66.9 Å². The number of carbonyl (C=O) groups is 1. The quantitative estimate of drug-likeness (QED) is 0.496. The van der Waals surface area contributed by atoms with Gasteiger partial charge in [-0.2, -0.15) is 10.2 Å². The van der Waals surface area contributed by atoms with Gasteiger partial charge in [-0.15, -0.1) is 0 Å². The first-order valence-corrected chi connectivity index (χ1v) is 9.21. The van der Waals surface area contributed by atoms with Crippen LogP contribution in [0, 0.1) is 0 Å². The van der Waals surface area contributed by atoms with Crippen molar-refractivity contribution in [3.05, 3.63) is 95.0 Å². The van der Waals surface area contributed by atoms with Gasteiger partial charge in [0, 0.05) is 10.9 Å². The van der Waals surface area contributed by atoms with Crippen molar-refractivity contribution in [2.24, 2.45) is 0 Å². The minimum Gasteiger partial charge on any atom is -0.403 e. The Labute approximate surface area is 170 Å². The van der Waals surface area contributed by atoms with Crippen molar-refractivity contribution in [2.45, 2.75) is 0 Å². The van der Waals surface area contributed by atoms with Crippen LogP contribution in [0.2, 0.25) is 0 Å². The van der Waals surface area contributed by atoms with E-state index in [0.717, 1.165) is 5.39 Å². The smallest absolute Gasteiger partial charge is 0.347 e. The summed E-state index contributed by atoms with van der Waals surface area (Å²) < 4.78 is 5.43. The molecule has 0 atom stereocenters. The number of fused-ring (bicyclic) bond motifs is 2. The standard InChI is InChI=1S/C23H14N4O3/c28-21(15-10-9-14-11-12-24-27-20(14)13-15)25-18-7-3-1-5-16(18)22-26-19-8-4-2-6-17(19)23(29)30-22/h1-13H,(H,25,28). The predicted octanol–water partition coefficient (Wildman–Crippen LogP) is 4.05. The fourth-order valence-electron chi connectivity index (χ4n) is 3.23. The zero-order chi connectivity index (χ0) is 20.5. The summed E-state index contributed by atoms with van der Waals surface area (Å²) in [6, 6.07) is 21.0. The molecule has 0 aliphatic heterocycles. The second-order valence-electron chi connectivity index (χ2n) is 6.63. The van der Waals surface area contributed by atoms with E-state index in [2.05, 4.69) is 20.5 Å². The highest BCUT2D eigenvalue weighted by atomic mass is 16.4. The van der Waals surface area contributed by atoms with Crippen LogP contribution in [0.1, 0.15) is 10.4 Å². The van der Waals surface area contributed by atoms with Crippen molar-refractivity contribution >= 4 is 33.4 Å². The molecule has 0 saturated carbocycles. The van der Waals surface area contributed by atoms with Crippen LogP contribution in [0.15, 0.2) is 88.2 Å². The third kappa shape index (κ3) is 3.18. The average molecular weight is 394 g/mol. The number of benzene rings is 3. The Hall–Kier alpha value is -4.39. The van der Waals surface area contributed by atoms with Crippen LogP contribution in [-0.2, 0) is 0 Å². The molecule has 0 fully saturated rings. The van der Waals surface area contributed by atoms with Gasteiger partial charge < -0.3 is 9.73 Å². The van der Waals surface area contributed by atoms with Crippen molar-refractivity contribution in [3.8, 4) is 11.5 Å². The zero-order valence-corrected chi connectivity index (χ0v) is 15.6. The first-order valence-electron chi connectivity index (χ1n) is 9.21. The molecule has 0 aliphatic carbocycles. The maximum atomic E-state index is 12.8. The largest absolute Gasteiger partial charge is 0.403 e. The summed E-state index contributed by atoms with van der Waals surface area (Å²) in [5, 5.41) is 12.1. The van der Waals surface area contributed by atoms with Gasteiger partial charge in [0.15, 0.2) is 0 Å². The molecule has 0 radical (unpaired) electrons. The number of nitrogens with one attached hydrogen (secondary N) is 1. The summed E-state index contributed by atoms with van der Waals surface area (Å²) in [6.45, 7) is 0. The van der Waals surface area contributed by atoms with Crippen molar-refractivity contribution in [1.29, 1.82) is 0 Å². The third-order valence-corrected chi connectivity index (χ3v) is 4.72. The lowest BCUT2D eigenvalue weighted by atomic mass is 10.1. The van der Waals surface area contributed by atoms with Gasteiger partial charge >= 0.3 is 5.63 Å². The van der Waals surface area contributed by atoms with Crippen LogP contribution in [0.25, 0.3) is 33.3 Å². The van der Waals surface area contributed by atoms with Crippen LogP contribution >= 0.6 is 0 Å². The van der Waals surface area contributed by atoms with E-state index in [1.807, 2.05) is 12.1 Å². The number of rotatable bonds is 3. The van der Waals surface area contributed by atoms with E-state index in [-0.39, 0.29) is 11.8 Å². The molecule has 144 valence electrons. The highest BCUT2D eigenvalue weighted by molar-refractivity contribution is 6.07. The number of hydrogen-bond donors (Lipinski definition) is 1. The molecule has 2 heterocycles. The Kier molecular flexibility index (Phi) is 4.25.